The van der Waals surface area contributed by atoms with Crippen LogP contribution < -0.4 is 14.8 Å². The standard InChI is InChI=1S/C18H22N2O3S/c1-12-16-5-7-24-17(16)4-6-20(12)11-18(21)19-13-8-14(22-2)10-15(9-13)23-3/h5,7-10,12H,4,6,11H2,1-3H3,(H,19,21)/t12-/m1/s1. The molecule has 2 aromatic rings. The van der Waals surface area contributed by atoms with Crippen LogP contribution in [-0.2, 0) is 11.2 Å². The third kappa shape index (κ3) is 3.55. The average molecular weight is 346 g/mol. The number of hydrogen-bond acceptors (Lipinski definition) is 5. The van der Waals surface area contributed by atoms with E-state index < -0.39 is 0 Å². The maximum atomic E-state index is 12.4. The Kier molecular flexibility index (Phi) is 5.06. The second kappa shape index (κ2) is 7.23. The molecule has 0 aliphatic carbocycles. The van der Waals surface area contributed by atoms with Crippen LogP contribution in [0.4, 0.5) is 5.69 Å². The van der Waals surface area contributed by atoms with Gasteiger partial charge in [-0.15, -0.1) is 11.3 Å². The van der Waals surface area contributed by atoms with E-state index in [1.165, 1.54) is 10.4 Å². The molecule has 1 aliphatic rings. The molecule has 0 radical (unpaired) electrons. The summed E-state index contributed by atoms with van der Waals surface area (Å²) in [6.07, 6.45) is 1.01. The normalized spacial score (nSPS) is 17.2. The van der Waals surface area contributed by atoms with Gasteiger partial charge >= 0.3 is 0 Å². The van der Waals surface area contributed by atoms with Crippen LogP contribution in [0.15, 0.2) is 29.6 Å². The van der Waals surface area contributed by atoms with E-state index in [4.69, 9.17) is 9.47 Å². The number of benzene rings is 1. The lowest BCUT2D eigenvalue weighted by molar-refractivity contribution is -0.117. The van der Waals surface area contributed by atoms with Crippen LogP contribution in [0.3, 0.4) is 0 Å². The molecular weight excluding hydrogens is 324 g/mol. The zero-order valence-corrected chi connectivity index (χ0v) is 15.0. The Morgan fingerprint density at radius 2 is 2.00 bits per heavy atom. The van der Waals surface area contributed by atoms with Gasteiger partial charge in [-0.1, -0.05) is 0 Å². The topological polar surface area (TPSA) is 50.8 Å². The van der Waals surface area contributed by atoms with Crippen molar-refractivity contribution in [3.05, 3.63) is 40.1 Å². The van der Waals surface area contributed by atoms with Crippen molar-refractivity contribution >= 4 is 22.9 Å². The van der Waals surface area contributed by atoms with Gasteiger partial charge in [-0.25, -0.2) is 0 Å². The smallest absolute Gasteiger partial charge is 0.238 e. The number of nitrogens with zero attached hydrogens (tertiary/aromatic N) is 1. The lowest BCUT2D eigenvalue weighted by atomic mass is 10.0. The average Bonchev–Trinajstić information content (AvgIpc) is 3.06. The summed E-state index contributed by atoms with van der Waals surface area (Å²) in [4.78, 5) is 16.1. The van der Waals surface area contributed by atoms with Gasteiger partial charge in [0.2, 0.25) is 5.91 Å². The molecule has 1 N–H and O–H groups in total. The van der Waals surface area contributed by atoms with Crippen molar-refractivity contribution in [3.8, 4) is 11.5 Å². The summed E-state index contributed by atoms with van der Waals surface area (Å²) in [5.41, 5.74) is 2.03. The van der Waals surface area contributed by atoms with Gasteiger partial charge in [-0.3, -0.25) is 9.69 Å². The first kappa shape index (κ1) is 16.8. The summed E-state index contributed by atoms with van der Waals surface area (Å²) in [6, 6.07) is 7.79. The molecule has 3 rings (SSSR count). The molecule has 0 unspecified atom stereocenters. The molecule has 0 saturated carbocycles. The van der Waals surface area contributed by atoms with Crippen molar-refractivity contribution in [2.24, 2.45) is 0 Å². The largest absolute Gasteiger partial charge is 0.497 e. The number of anilines is 1. The Morgan fingerprint density at radius 3 is 2.67 bits per heavy atom. The number of carbonyl (C=O) groups excluding carboxylic acids is 1. The Morgan fingerprint density at radius 1 is 1.29 bits per heavy atom. The fourth-order valence-electron chi connectivity index (χ4n) is 3.04. The van der Waals surface area contributed by atoms with Crippen molar-refractivity contribution < 1.29 is 14.3 Å². The predicted octanol–water partition coefficient (Wildman–Crippen LogP) is 3.32. The molecule has 1 atom stereocenters. The van der Waals surface area contributed by atoms with Gasteiger partial charge in [0.05, 0.1) is 20.8 Å². The van der Waals surface area contributed by atoms with Gasteiger partial charge in [0.1, 0.15) is 11.5 Å². The van der Waals surface area contributed by atoms with Gasteiger partial charge in [0.15, 0.2) is 0 Å². The van der Waals surface area contributed by atoms with E-state index in [-0.39, 0.29) is 11.9 Å². The van der Waals surface area contributed by atoms with Gasteiger partial charge in [-0.2, -0.15) is 0 Å². The summed E-state index contributed by atoms with van der Waals surface area (Å²) in [5.74, 6) is 1.27. The van der Waals surface area contributed by atoms with E-state index in [1.54, 1.807) is 43.8 Å². The van der Waals surface area contributed by atoms with Gasteiger partial charge < -0.3 is 14.8 Å². The van der Waals surface area contributed by atoms with Crippen LogP contribution in [0.25, 0.3) is 0 Å². The molecule has 0 saturated heterocycles. The fraction of sp³-hybridized carbons (Fsp3) is 0.389. The summed E-state index contributed by atoms with van der Waals surface area (Å²) < 4.78 is 10.5. The lowest BCUT2D eigenvalue weighted by Crippen LogP contribution is -2.39. The minimum absolute atomic E-state index is 0.0316. The monoisotopic (exact) mass is 346 g/mol. The Balaban J connectivity index is 1.66. The molecule has 1 aromatic carbocycles. The summed E-state index contributed by atoms with van der Waals surface area (Å²) in [7, 11) is 3.18. The molecule has 1 amide bonds. The number of ether oxygens (including phenoxy) is 2. The Bertz CT molecular complexity index is 707. The van der Waals surface area contributed by atoms with Crippen LogP contribution in [-0.4, -0.2) is 38.1 Å². The van der Waals surface area contributed by atoms with Crippen molar-refractivity contribution in [2.45, 2.75) is 19.4 Å². The molecule has 2 heterocycles. The van der Waals surface area contributed by atoms with Crippen LogP contribution in [0.2, 0.25) is 0 Å². The number of thiophene rings is 1. The Labute approximate surface area is 146 Å². The van der Waals surface area contributed by atoms with Crippen molar-refractivity contribution in [1.82, 2.24) is 4.90 Å². The van der Waals surface area contributed by atoms with E-state index in [2.05, 4.69) is 28.6 Å². The molecule has 0 spiro atoms. The van der Waals surface area contributed by atoms with Gasteiger partial charge in [0, 0.05) is 41.4 Å². The number of methoxy groups -OCH3 is 2. The van der Waals surface area contributed by atoms with Crippen LogP contribution >= 0.6 is 11.3 Å². The van der Waals surface area contributed by atoms with Crippen molar-refractivity contribution in [2.75, 3.05) is 32.6 Å². The van der Waals surface area contributed by atoms with E-state index in [0.717, 1.165) is 13.0 Å². The Hall–Kier alpha value is -2.05. The number of fused-ring (bicyclic) bond motifs is 1. The molecule has 1 aliphatic heterocycles. The van der Waals surface area contributed by atoms with Gasteiger partial charge in [-0.05, 0) is 30.4 Å². The molecule has 6 heteroatoms. The highest BCUT2D eigenvalue weighted by Crippen LogP contribution is 2.32. The lowest BCUT2D eigenvalue weighted by Gasteiger charge is -2.32. The number of rotatable bonds is 5. The molecule has 24 heavy (non-hydrogen) atoms. The van der Waals surface area contributed by atoms with Crippen LogP contribution in [0.5, 0.6) is 11.5 Å². The summed E-state index contributed by atoms with van der Waals surface area (Å²) >= 11 is 1.81. The summed E-state index contributed by atoms with van der Waals surface area (Å²) in [6.45, 7) is 3.44. The minimum Gasteiger partial charge on any atom is -0.497 e. The van der Waals surface area contributed by atoms with Crippen LogP contribution in [0, 0.1) is 0 Å². The van der Waals surface area contributed by atoms with Gasteiger partial charge in [0.25, 0.3) is 0 Å². The van der Waals surface area contributed by atoms with Crippen molar-refractivity contribution in [3.63, 3.8) is 0 Å². The first-order valence-electron chi connectivity index (χ1n) is 7.94. The first-order chi connectivity index (χ1) is 11.6. The quantitative estimate of drug-likeness (QED) is 0.902. The maximum absolute atomic E-state index is 12.4. The molecule has 128 valence electrons. The number of nitrogens with one attached hydrogen (secondary N) is 1. The summed E-state index contributed by atoms with van der Waals surface area (Å²) in [5, 5.41) is 5.07. The zero-order valence-electron chi connectivity index (χ0n) is 14.2. The van der Waals surface area contributed by atoms with Crippen LogP contribution in [0.1, 0.15) is 23.4 Å². The van der Waals surface area contributed by atoms with E-state index in [9.17, 15) is 4.79 Å². The second-order valence-electron chi connectivity index (χ2n) is 5.85. The van der Waals surface area contributed by atoms with E-state index in [0.29, 0.717) is 23.7 Å². The SMILES string of the molecule is COc1cc(NC(=O)CN2CCc3sccc3[C@H]2C)cc(OC)c1. The third-order valence-electron chi connectivity index (χ3n) is 4.39. The highest BCUT2D eigenvalue weighted by Gasteiger charge is 2.26. The third-order valence-corrected chi connectivity index (χ3v) is 5.38. The van der Waals surface area contributed by atoms with E-state index in [1.807, 2.05) is 0 Å². The van der Waals surface area contributed by atoms with Crippen molar-refractivity contribution in [1.29, 1.82) is 0 Å². The number of amides is 1. The molecule has 5 nitrogen and oxygen atoms in total. The highest BCUT2D eigenvalue weighted by molar-refractivity contribution is 7.10. The second-order valence-corrected chi connectivity index (χ2v) is 6.85. The zero-order chi connectivity index (χ0) is 17.1. The molecule has 0 bridgehead atoms. The molecular formula is C18H22N2O3S. The minimum atomic E-state index is -0.0316. The maximum Gasteiger partial charge on any atom is 0.238 e. The molecule has 0 fully saturated rings. The number of hydrogen-bond donors (Lipinski definition) is 1. The predicted molar refractivity (Wildman–Crippen MR) is 96.2 cm³/mol. The fourth-order valence-corrected chi connectivity index (χ4v) is 4.00. The first-order valence-corrected chi connectivity index (χ1v) is 8.82. The molecule has 1 aromatic heterocycles. The highest BCUT2D eigenvalue weighted by atomic mass is 32.1. The van der Waals surface area contributed by atoms with E-state index >= 15 is 0 Å². The number of carbonyl (C=O) groups is 1.